The van der Waals surface area contributed by atoms with E-state index in [4.69, 9.17) is 4.74 Å². The molecule has 0 N–H and O–H groups in total. The zero-order chi connectivity index (χ0) is 17.1. The van der Waals surface area contributed by atoms with E-state index in [0.717, 1.165) is 24.9 Å². The number of hydrogen-bond donors (Lipinski definition) is 0. The fourth-order valence-corrected chi connectivity index (χ4v) is 9.05. The van der Waals surface area contributed by atoms with Crippen LogP contribution in [0.5, 0.6) is 0 Å². The van der Waals surface area contributed by atoms with Gasteiger partial charge >= 0.3 is 0 Å². The van der Waals surface area contributed by atoms with Gasteiger partial charge in [-0.05, 0) is 30.3 Å². The Morgan fingerprint density at radius 3 is 2.08 bits per heavy atom. The van der Waals surface area contributed by atoms with E-state index in [-0.39, 0.29) is 5.78 Å². The summed E-state index contributed by atoms with van der Waals surface area (Å²) in [5.41, 5.74) is 0.360. The van der Waals surface area contributed by atoms with Crippen molar-refractivity contribution in [2.24, 2.45) is 0 Å². The van der Waals surface area contributed by atoms with Crippen molar-refractivity contribution in [2.75, 3.05) is 13.2 Å². The van der Waals surface area contributed by atoms with Crippen LogP contribution in [0.2, 0.25) is 0 Å². The van der Waals surface area contributed by atoms with Crippen LogP contribution in [0.4, 0.5) is 0 Å². The van der Waals surface area contributed by atoms with E-state index in [2.05, 4.69) is 54.6 Å². The first-order valence-electron chi connectivity index (χ1n) is 8.82. The average molecular weight is 349 g/mol. The summed E-state index contributed by atoms with van der Waals surface area (Å²) < 4.78 is 5.80. The molecule has 25 heavy (non-hydrogen) atoms. The van der Waals surface area contributed by atoms with Gasteiger partial charge in [0.25, 0.3) is 0 Å². The van der Waals surface area contributed by atoms with E-state index in [0.29, 0.717) is 12.1 Å². The van der Waals surface area contributed by atoms with E-state index in [1.807, 2.05) is 24.3 Å². The van der Waals surface area contributed by atoms with Crippen molar-refractivity contribution in [1.29, 1.82) is 0 Å². The molecule has 0 saturated carbocycles. The lowest BCUT2D eigenvalue weighted by Gasteiger charge is -2.33. The Bertz CT molecular complexity index is 763. The molecule has 2 aliphatic rings. The van der Waals surface area contributed by atoms with Crippen LogP contribution in [0.25, 0.3) is 0 Å². The molecular weight excluding hydrogens is 327 g/mol. The monoisotopic (exact) mass is 349 g/mol. The lowest BCUT2D eigenvalue weighted by molar-refractivity contribution is -0.114. The molecule has 0 spiro atoms. The number of carbonyl (C=O) groups is 1. The number of benzene rings is 2. The molecule has 1 unspecified atom stereocenters. The zero-order valence-electron chi connectivity index (χ0n) is 14.2. The third-order valence-electron chi connectivity index (χ3n) is 5.14. The highest BCUT2D eigenvalue weighted by atomic mass is 31.2. The highest BCUT2D eigenvalue weighted by Gasteiger charge is 2.56. The van der Waals surface area contributed by atoms with Gasteiger partial charge in [0.1, 0.15) is 28.8 Å². The maximum absolute atomic E-state index is 13.0. The van der Waals surface area contributed by atoms with Crippen LogP contribution >= 0.6 is 7.26 Å². The molecule has 0 bridgehead atoms. The maximum atomic E-state index is 13.0. The molecule has 3 heteroatoms. The highest BCUT2D eigenvalue weighted by molar-refractivity contribution is 7.94. The minimum absolute atomic E-state index is 0.260. The Balaban J connectivity index is 2.03. The third kappa shape index (κ3) is 2.80. The number of hydrogen-bond acceptors (Lipinski definition) is 2. The van der Waals surface area contributed by atoms with E-state index in [1.54, 1.807) is 0 Å². The second-order valence-corrected chi connectivity index (χ2v) is 10.2. The summed E-state index contributed by atoms with van der Waals surface area (Å²) >= 11 is 0. The zero-order valence-corrected chi connectivity index (χ0v) is 15.1. The molecule has 1 heterocycles. The van der Waals surface area contributed by atoms with E-state index < -0.39 is 7.26 Å². The smallest absolute Gasteiger partial charge is 0.202 e. The van der Waals surface area contributed by atoms with Gasteiger partial charge in [0.05, 0.1) is 13.2 Å². The molecule has 0 amide bonds. The van der Waals surface area contributed by atoms with Gasteiger partial charge in [-0.2, -0.15) is 0 Å². The summed E-state index contributed by atoms with van der Waals surface area (Å²) in [7, 11) is -2.04. The Labute approximate surface area is 149 Å². The van der Waals surface area contributed by atoms with Crippen LogP contribution in [0.3, 0.4) is 0 Å². The van der Waals surface area contributed by atoms with Crippen molar-refractivity contribution in [3.05, 3.63) is 84.2 Å². The van der Waals surface area contributed by atoms with Crippen LogP contribution in [-0.4, -0.2) is 24.7 Å². The van der Waals surface area contributed by atoms with Crippen LogP contribution in [-0.2, 0) is 9.53 Å². The Kier molecular flexibility index (Phi) is 4.65. The topological polar surface area (TPSA) is 26.3 Å². The van der Waals surface area contributed by atoms with Gasteiger partial charge in [-0.25, -0.2) is 0 Å². The van der Waals surface area contributed by atoms with Crippen molar-refractivity contribution < 1.29 is 9.53 Å². The highest BCUT2D eigenvalue weighted by Crippen LogP contribution is 2.69. The first-order chi connectivity index (χ1) is 12.3. The lowest BCUT2D eigenvalue weighted by atomic mass is 10.2. The number of allylic oxidation sites excluding steroid dienone is 4. The minimum Gasteiger partial charge on any atom is -0.377 e. The summed E-state index contributed by atoms with van der Waals surface area (Å²) in [4.78, 5) is 13.0. The Morgan fingerprint density at radius 1 is 0.920 bits per heavy atom. The van der Waals surface area contributed by atoms with Gasteiger partial charge in [-0.3, -0.25) is 4.79 Å². The van der Waals surface area contributed by atoms with Crippen LogP contribution < -0.4 is 10.6 Å². The molecule has 0 aromatic heterocycles. The quantitative estimate of drug-likeness (QED) is 0.784. The molecule has 1 aliphatic heterocycles. The number of ether oxygens (including phenoxy) is 1. The fourth-order valence-electron chi connectivity index (χ4n) is 4.05. The van der Waals surface area contributed by atoms with Gasteiger partial charge in [0.2, 0.25) is 5.78 Å². The van der Waals surface area contributed by atoms with Gasteiger partial charge in [0.15, 0.2) is 0 Å². The first kappa shape index (κ1) is 16.4. The number of ketones is 1. The molecular formula is C22H22O2P+. The van der Waals surface area contributed by atoms with Crippen molar-refractivity contribution in [3.63, 3.8) is 0 Å². The summed E-state index contributed by atoms with van der Waals surface area (Å²) in [6.45, 7) is 1.51. The van der Waals surface area contributed by atoms with Crippen LogP contribution in [0.1, 0.15) is 12.8 Å². The normalized spacial score (nSPS) is 20.6. The standard InChI is InChI=1S/C22H22O2P/c23-21-13-7-8-14-22(21)25(20-15-16-24-17-20,18-9-3-1-4-10-18)19-11-5-2-6-12-19/h1-12,14,20H,13,15-17H2/q+1. The summed E-state index contributed by atoms with van der Waals surface area (Å²) in [6, 6.07) is 21.3. The molecule has 126 valence electrons. The molecule has 1 atom stereocenters. The molecule has 4 rings (SSSR count). The van der Waals surface area contributed by atoms with Crippen molar-refractivity contribution in [3.8, 4) is 0 Å². The number of Topliss-reactive ketones (excluding diaryl/α,β-unsaturated/α-hetero) is 1. The number of carbonyl (C=O) groups excluding carboxylic acids is 1. The Hall–Kier alpha value is -2.02. The fraction of sp³-hybridized carbons (Fsp3) is 0.227. The molecule has 2 nitrogen and oxygen atoms in total. The maximum Gasteiger partial charge on any atom is 0.202 e. The average Bonchev–Trinajstić information content (AvgIpc) is 3.21. The molecule has 2 aromatic rings. The SMILES string of the molecule is O=C1CC=CC=C1[P+](c1ccccc1)(c1ccccc1)C1CCOC1. The van der Waals surface area contributed by atoms with Crippen molar-refractivity contribution >= 4 is 23.7 Å². The second kappa shape index (κ2) is 7.07. The number of rotatable bonds is 4. The summed E-state index contributed by atoms with van der Waals surface area (Å²) in [6.07, 6.45) is 7.58. The lowest BCUT2D eigenvalue weighted by Crippen LogP contribution is -2.35. The molecule has 1 aliphatic carbocycles. The molecule has 2 aromatic carbocycles. The van der Waals surface area contributed by atoms with Gasteiger partial charge in [-0.15, -0.1) is 0 Å². The third-order valence-corrected chi connectivity index (χ3v) is 10.0. The first-order valence-corrected chi connectivity index (χ1v) is 10.7. The Morgan fingerprint density at radius 2 is 1.56 bits per heavy atom. The predicted molar refractivity (Wildman–Crippen MR) is 105 cm³/mol. The largest absolute Gasteiger partial charge is 0.377 e. The summed E-state index contributed by atoms with van der Waals surface area (Å²) in [5, 5.41) is 3.57. The van der Waals surface area contributed by atoms with E-state index >= 15 is 0 Å². The van der Waals surface area contributed by atoms with E-state index in [9.17, 15) is 4.79 Å². The molecule has 1 fully saturated rings. The van der Waals surface area contributed by atoms with Crippen molar-refractivity contribution in [2.45, 2.75) is 18.5 Å². The van der Waals surface area contributed by atoms with Gasteiger partial charge < -0.3 is 4.74 Å². The summed E-state index contributed by atoms with van der Waals surface area (Å²) in [5.74, 6) is 0.260. The minimum atomic E-state index is -2.04. The van der Waals surface area contributed by atoms with Crippen LogP contribution in [0.15, 0.2) is 84.2 Å². The predicted octanol–water partition coefficient (Wildman–Crippen LogP) is 3.86. The van der Waals surface area contributed by atoms with Crippen LogP contribution in [0, 0.1) is 0 Å². The van der Waals surface area contributed by atoms with Crippen molar-refractivity contribution in [1.82, 2.24) is 0 Å². The van der Waals surface area contributed by atoms with Gasteiger partial charge in [0, 0.05) is 12.8 Å². The van der Waals surface area contributed by atoms with Gasteiger partial charge in [-0.1, -0.05) is 48.6 Å². The van der Waals surface area contributed by atoms with E-state index in [1.165, 1.54) is 10.6 Å². The second-order valence-electron chi connectivity index (χ2n) is 6.52. The molecule has 0 radical (unpaired) electrons. The molecule has 1 saturated heterocycles.